The van der Waals surface area contributed by atoms with E-state index in [1.807, 2.05) is 0 Å². The number of rotatable bonds is 8. The molecule has 1 saturated heterocycles. The molecule has 6 nitrogen and oxygen atoms in total. The number of piperidine rings is 1. The number of amides is 1. The van der Waals surface area contributed by atoms with Crippen LogP contribution in [0.4, 0.5) is 0 Å². The Bertz CT molecular complexity index is 250. The highest BCUT2D eigenvalue weighted by Gasteiger charge is 2.22. The summed E-state index contributed by atoms with van der Waals surface area (Å²) in [7, 11) is 3.42. The van der Waals surface area contributed by atoms with Crippen molar-refractivity contribution in [2.24, 2.45) is 0 Å². The number of nitrogens with one attached hydrogen (secondary N) is 1. The van der Waals surface area contributed by atoms with Gasteiger partial charge in [-0.3, -0.25) is 4.79 Å². The molecule has 2 N–H and O–H groups in total. The standard InChI is InChI=1S/C12H24N2O4/c1-14-8-10(3-4-12(14)16)13-7-11(15)9-18-6-5-17-2/h10-11,13,15H,3-9H2,1-2H3. The highest BCUT2D eigenvalue weighted by atomic mass is 16.5. The number of ether oxygens (including phenoxy) is 2. The zero-order chi connectivity index (χ0) is 13.4. The molecule has 1 amide bonds. The van der Waals surface area contributed by atoms with E-state index in [0.717, 1.165) is 6.42 Å². The van der Waals surface area contributed by atoms with E-state index in [2.05, 4.69) is 5.32 Å². The first-order valence-electron chi connectivity index (χ1n) is 6.35. The van der Waals surface area contributed by atoms with Gasteiger partial charge in [0.1, 0.15) is 0 Å². The molecule has 1 aliphatic rings. The summed E-state index contributed by atoms with van der Waals surface area (Å²) >= 11 is 0. The van der Waals surface area contributed by atoms with Gasteiger partial charge in [0, 0.05) is 39.7 Å². The Labute approximate surface area is 108 Å². The summed E-state index contributed by atoms with van der Waals surface area (Å²) in [6.07, 6.45) is 0.888. The Morgan fingerprint density at radius 1 is 1.56 bits per heavy atom. The van der Waals surface area contributed by atoms with Gasteiger partial charge in [-0.2, -0.15) is 0 Å². The molecule has 0 bridgehead atoms. The zero-order valence-electron chi connectivity index (χ0n) is 11.2. The van der Waals surface area contributed by atoms with Crippen molar-refractivity contribution in [1.82, 2.24) is 10.2 Å². The van der Waals surface area contributed by atoms with E-state index >= 15 is 0 Å². The largest absolute Gasteiger partial charge is 0.389 e. The van der Waals surface area contributed by atoms with Gasteiger partial charge in [-0.05, 0) is 6.42 Å². The first-order chi connectivity index (χ1) is 8.63. The molecular weight excluding hydrogens is 236 g/mol. The van der Waals surface area contributed by atoms with E-state index in [1.165, 1.54) is 0 Å². The number of carbonyl (C=O) groups excluding carboxylic acids is 1. The molecule has 0 aromatic rings. The van der Waals surface area contributed by atoms with Gasteiger partial charge >= 0.3 is 0 Å². The van der Waals surface area contributed by atoms with Crippen LogP contribution in [0.25, 0.3) is 0 Å². The maximum absolute atomic E-state index is 11.3. The van der Waals surface area contributed by atoms with Crippen molar-refractivity contribution in [3.8, 4) is 0 Å². The van der Waals surface area contributed by atoms with Gasteiger partial charge in [-0.15, -0.1) is 0 Å². The molecule has 1 rings (SSSR count). The summed E-state index contributed by atoms with van der Waals surface area (Å²) in [6, 6.07) is 0.265. The quantitative estimate of drug-likeness (QED) is 0.560. The smallest absolute Gasteiger partial charge is 0.222 e. The van der Waals surface area contributed by atoms with E-state index in [1.54, 1.807) is 19.1 Å². The Hall–Kier alpha value is -0.690. The van der Waals surface area contributed by atoms with Crippen molar-refractivity contribution in [1.29, 1.82) is 0 Å². The lowest BCUT2D eigenvalue weighted by atomic mass is 10.1. The minimum absolute atomic E-state index is 0.191. The number of nitrogens with zero attached hydrogens (tertiary/aromatic N) is 1. The van der Waals surface area contributed by atoms with Crippen LogP contribution in [0.2, 0.25) is 0 Å². The summed E-state index contributed by atoms with van der Waals surface area (Å²) in [4.78, 5) is 13.0. The van der Waals surface area contributed by atoms with Crippen molar-refractivity contribution in [2.75, 3.05) is 47.1 Å². The number of methoxy groups -OCH3 is 1. The summed E-state index contributed by atoms with van der Waals surface area (Å²) in [5.41, 5.74) is 0. The number of aliphatic hydroxyl groups excluding tert-OH is 1. The van der Waals surface area contributed by atoms with Crippen LogP contribution in [0.1, 0.15) is 12.8 Å². The third kappa shape index (κ3) is 5.77. The fraction of sp³-hybridized carbons (Fsp3) is 0.917. The van der Waals surface area contributed by atoms with Crippen LogP contribution in [-0.4, -0.2) is 75.1 Å². The van der Waals surface area contributed by atoms with Crippen molar-refractivity contribution < 1.29 is 19.4 Å². The predicted octanol–water partition coefficient (Wildman–Crippen LogP) is -0.779. The molecule has 0 saturated carbocycles. The van der Waals surface area contributed by atoms with Crippen LogP contribution in [0.15, 0.2) is 0 Å². The molecule has 0 aromatic heterocycles. The highest BCUT2D eigenvalue weighted by Crippen LogP contribution is 2.09. The average molecular weight is 260 g/mol. The van der Waals surface area contributed by atoms with Gasteiger partial charge in [-0.25, -0.2) is 0 Å². The Morgan fingerprint density at radius 2 is 2.33 bits per heavy atom. The molecule has 0 radical (unpaired) electrons. The number of likely N-dealkylation sites (N-methyl/N-ethyl adjacent to an activating group) is 1. The van der Waals surface area contributed by atoms with Gasteiger partial charge in [0.25, 0.3) is 0 Å². The van der Waals surface area contributed by atoms with E-state index < -0.39 is 6.10 Å². The molecule has 18 heavy (non-hydrogen) atoms. The fourth-order valence-corrected chi connectivity index (χ4v) is 1.90. The second-order valence-corrected chi connectivity index (χ2v) is 4.64. The van der Waals surface area contributed by atoms with Gasteiger partial charge < -0.3 is 24.8 Å². The third-order valence-corrected chi connectivity index (χ3v) is 3.01. The lowest BCUT2D eigenvalue weighted by Crippen LogP contribution is -2.48. The van der Waals surface area contributed by atoms with Crippen LogP contribution >= 0.6 is 0 Å². The number of aliphatic hydroxyl groups is 1. The van der Waals surface area contributed by atoms with Crippen LogP contribution < -0.4 is 5.32 Å². The van der Waals surface area contributed by atoms with Crippen molar-refractivity contribution in [2.45, 2.75) is 25.0 Å². The average Bonchev–Trinajstić information content (AvgIpc) is 2.36. The molecule has 1 heterocycles. The third-order valence-electron chi connectivity index (χ3n) is 3.01. The van der Waals surface area contributed by atoms with Crippen LogP contribution in [0, 0.1) is 0 Å². The van der Waals surface area contributed by atoms with Gasteiger partial charge in [0.05, 0.1) is 25.9 Å². The minimum atomic E-state index is -0.523. The Morgan fingerprint density at radius 3 is 3.00 bits per heavy atom. The zero-order valence-corrected chi connectivity index (χ0v) is 11.2. The van der Waals surface area contributed by atoms with E-state index in [0.29, 0.717) is 39.3 Å². The molecule has 0 aliphatic carbocycles. The number of likely N-dealkylation sites (tertiary alicyclic amines) is 1. The molecular formula is C12H24N2O4. The molecule has 1 fully saturated rings. The second kappa shape index (κ2) is 8.42. The van der Waals surface area contributed by atoms with Crippen LogP contribution in [0.3, 0.4) is 0 Å². The molecule has 0 aromatic carbocycles. The van der Waals surface area contributed by atoms with E-state index in [-0.39, 0.29) is 11.9 Å². The lowest BCUT2D eigenvalue weighted by molar-refractivity contribution is -0.132. The lowest BCUT2D eigenvalue weighted by Gasteiger charge is -2.30. The minimum Gasteiger partial charge on any atom is -0.389 e. The molecule has 0 spiro atoms. The van der Waals surface area contributed by atoms with Gasteiger partial charge in [0.2, 0.25) is 5.91 Å². The summed E-state index contributed by atoms with van der Waals surface area (Å²) in [5.74, 6) is 0.191. The Balaban J connectivity index is 2.07. The molecule has 2 atom stereocenters. The fourth-order valence-electron chi connectivity index (χ4n) is 1.90. The molecule has 106 valence electrons. The summed E-state index contributed by atoms with van der Waals surface area (Å²) < 4.78 is 10.1. The topological polar surface area (TPSA) is 71.0 Å². The van der Waals surface area contributed by atoms with Crippen molar-refractivity contribution >= 4 is 5.91 Å². The number of hydrogen-bond acceptors (Lipinski definition) is 5. The predicted molar refractivity (Wildman–Crippen MR) is 67.4 cm³/mol. The van der Waals surface area contributed by atoms with Gasteiger partial charge in [-0.1, -0.05) is 0 Å². The number of carbonyl (C=O) groups is 1. The number of hydrogen-bond donors (Lipinski definition) is 2. The monoisotopic (exact) mass is 260 g/mol. The normalized spacial score (nSPS) is 22.3. The maximum atomic E-state index is 11.3. The van der Waals surface area contributed by atoms with Gasteiger partial charge in [0.15, 0.2) is 0 Å². The summed E-state index contributed by atoms with van der Waals surface area (Å²) in [6.45, 7) is 2.53. The van der Waals surface area contributed by atoms with Crippen molar-refractivity contribution in [3.05, 3.63) is 0 Å². The first kappa shape index (κ1) is 15.4. The Kier molecular flexibility index (Phi) is 7.19. The molecule has 2 unspecified atom stereocenters. The molecule has 6 heteroatoms. The maximum Gasteiger partial charge on any atom is 0.222 e. The van der Waals surface area contributed by atoms with Crippen molar-refractivity contribution in [3.63, 3.8) is 0 Å². The second-order valence-electron chi connectivity index (χ2n) is 4.64. The highest BCUT2D eigenvalue weighted by molar-refractivity contribution is 5.76. The van der Waals surface area contributed by atoms with E-state index in [4.69, 9.17) is 9.47 Å². The van der Waals surface area contributed by atoms with Crippen LogP contribution in [-0.2, 0) is 14.3 Å². The first-order valence-corrected chi connectivity index (χ1v) is 6.35. The summed E-state index contributed by atoms with van der Waals surface area (Å²) in [5, 5.41) is 12.9. The van der Waals surface area contributed by atoms with Crippen LogP contribution in [0.5, 0.6) is 0 Å². The molecule has 1 aliphatic heterocycles. The van der Waals surface area contributed by atoms with E-state index in [9.17, 15) is 9.90 Å². The SMILES string of the molecule is COCCOCC(O)CNC1CCC(=O)N(C)C1.